The molecule has 0 aromatic carbocycles. The monoisotopic (exact) mass is 250 g/mol. The average molecular weight is 250 g/mol. The van der Waals surface area contributed by atoms with Crippen molar-refractivity contribution in [3.8, 4) is 0 Å². The van der Waals surface area contributed by atoms with Gasteiger partial charge in [-0.3, -0.25) is 4.79 Å². The van der Waals surface area contributed by atoms with Crippen LogP contribution in [0.1, 0.15) is 27.2 Å². The number of carboxylic acid groups (broad SMARTS) is 1. The van der Waals surface area contributed by atoms with Crippen molar-refractivity contribution in [2.24, 2.45) is 0 Å². The van der Waals surface area contributed by atoms with Crippen molar-refractivity contribution in [1.29, 1.82) is 0 Å². The van der Waals surface area contributed by atoms with Gasteiger partial charge in [0.2, 0.25) is 0 Å². The fourth-order valence-electron chi connectivity index (χ4n) is 1.27. The van der Waals surface area contributed by atoms with E-state index in [2.05, 4.69) is 0 Å². The van der Waals surface area contributed by atoms with Crippen LogP contribution in [0.15, 0.2) is 0 Å². The molecule has 0 aliphatic rings. The van der Waals surface area contributed by atoms with Gasteiger partial charge in [0.05, 0.1) is 13.0 Å². The molecule has 6 nitrogen and oxygen atoms in total. The number of hydrogen-bond donors (Lipinski definition) is 1. The summed E-state index contributed by atoms with van der Waals surface area (Å²) in [7, 11) is 0. The van der Waals surface area contributed by atoms with Gasteiger partial charge in [0, 0.05) is 19.8 Å². The van der Waals surface area contributed by atoms with Crippen molar-refractivity contribution >= 4 is 5.97 Å². The average Bonchev–Trinajstić information content (AvgIpc) is 2.25. The van der Waals surface area contributed by atoms with Crippen molar-refractivity contribution in [3.05, 3.63) is 0 Å². The lowest BCUT2D eigenvalue weighted by atomic mass is 10.4. The molecule has 0 aromatic heterocycles. The maximum atomic E-state index is 10.3. The van der Waals surface area contributed by atoms with Gasteiger partial charge in [0.15, 0.2) is 0 Å². The van der Waals surface area contributed by atoms with Gasteiger partial charge in [-0.2, -0.15) is 0 Å². The first-order valence-corrected chi connectivity index (χ1v) is 5.81. The molecule has 0 bridgehead atoms. The van der Waals surface area contributed by atoms with Crippen molar-refractivity contribution in [2.45, 2.75) is 33.2 Å². The van der Waals surface area contributed by atoms with E-state index in [1.165, 1.54) is 0 Å². The Labute approximate surface area is 102 Å². The van der Waals surface area contributed by atoms with Crippen LogP contribution in [0.4, 0.5) is 0 Å². The number of carbonyl (C=O) groups is 1. The van der Waals surface area contributed by atoms with Gasteiger partial charge in [-0.25, -0.2) is 0 Å². The van der Waals surface area contributed by atoms with E-state index in [9.17, 15) is 4.79 Å². The summed E-state index contributed by atoms with van der Waals surface area (Å²) < 4.78 is 21.4. The van der Waals surface area contributed by atoms with Crippen LogP contribution in [-0.2, 0) is 23.7 Å². The molecule has 0 saturated heterocycles. The van der Waals surface area contributed by atoms with E-state index in [4.69, 9.17) is 24.1 Å². The highest BCUT2D eigenvalue weighted by Crippen LogP contribution is 2.16. The summed E-state index contributed by atoms with van der Waals surface area (Å²) in [5.41, 5.74) is 0. The predicted octanol–water partition coefficient (Wildman–Crippen LogP) is 1.24. The fraction of sp³-hybridized carbons (Fsp3) is 0.909. The maximum absolute atomic E-state index is 10.3. The second-order valence-corrected chi connectivity index (χ2v) is 3.18. The van der Waals surface area contributed by atoms with Crippen LogP contribution in [0.3, 0.4) is 0 Å². The maximum Gasteiger partial charge on any atom is 0.307 e. The number of ether oxygens (including phenoxy) is 4. The molecular formula is C11H22O6. The Bertz CT molecular complexity index is 189. The molecule has 0 saturated carbocycles. The minimum atomic E-state index is -1.23. The summed E-state index contributed by atoms with van der Waals surface area (Å²) in [5, 5.41) is 8.48. The largest absolute Gasteiger partial charge is 0.481 e. The third-order valence-corrected chi connectivity index (χ3v) is 1.83. The first kappa shape index (κ1) is 16.3. The second-order valence-electron chi connectivity index (χ2n) is 3.18. The minimum Gasteiger partial charge on any atom is -0.481 e. The van der Waals surface area contributed by atoms with E-state index in [-0.39, 0.29) is 19.6 Å². The zero-order chi connectivity index (χ0) is 13.1. The normalized spacial score (nSPS) is 11.7. The minimum absolute atomic E-state index is 0.0514. The smallest absolute Gasteiger partial charge is 0.307 e. The molecule has 0 aliphatic carbocycles. The molecule has 0 amide bonds. The number of aliphatic carboxylic acids is 1. The number of rotatable bonds is 11. The molecule has 0 unspecified atom stereocenters. The van der Waals surface area contributed by atoms with Crippen LogP contribution >= 0.6 is 0 Å². The number of hydrogen-bond acceptors (Lipinski definition) is 5. The molecule has 0 aliphatic heterocycles. The lowest BCUT2D eigenvalue weighted by molar-refractivity contribution is -0.391. The van der Waals surface area contributed by atoms with Gasteiger partial charge < -0.3 is 24.1 Å². The van der Waals surface area contributed by atoms with E-state index in [1.54, 1.807) is 0 Å². The topological polar surface area (TPSA) is 74.2 Å². The van der Waals surface area contributed by atoms with Gasteiger partial charge in [0.1, 0.15) is 6.61 Å². The van der Waals surface area contributed by atoms with Crippen molar-refractivity contribution in [1.82, 2.24) is 0 Å². The summed E-state index contributed by atoms with van der Waals surface area (Å²) >= 11 is 0. The Balaban J connectivity index is 4.18. The molecule has 0 atom stereocenters. The predicted molar refractivity (Wildman–Crippen MR) is 60.7 cm³/mol. The summed E-state index contributed by atoms with van der Waals surface area (Å²) in [4.78, 5) is 10.3. The molecule has 0 radical (unpaired) electrons. The lowest BCUT2D eigenvalue weighted by Crippen LogP contribution is -2.44. The Morgan fingerprint density at radius 2 is 1.53 bits per heavy atom. The van der Waals surface area contributed by atoms with Crippen molar-refractivity contribution in [2.75, 3.05) is 33.0 Å². The van der Waals surface area contributed by atoms with E-state index < -0.39 is 11.9 Å². The van der Waals surface area contributed by atoms with E-state index in [1.807, 2.05) is 20.8 Å². The van der Waals surface area contributed by atoms with Crippen LogP contribution in [0.25, 0.3) is 0 Å². The van der Waals surface area contributed by atoms with Crippen LogP contribution in [0, 0.1) is 0 Å². The van der Waals surface area contributed by atoms with E-state index >= 15 is 0 Å². The number of carboxylic acids is 1. The summed E-state index contributed by atoms with van der Waals surface area (Å²) in [6.45, 7) is 6.88. The Morgan fingerprint density at radius 3 is 1.88 bits per heavy atom. The molecule has 1 N–H and O–H groups in total. The van der Waals surface area contributed by atoms with E-state index in [0.29, 0.717) is 19.8 Å². The summed E-state index contributed by atoms with van der Waals surface area (Å²) in [6, 6.07) is 0. The molecule has 0 spiro atoms. The van der Waals surface area contributed by atoms with Gasteiger partial charge in [-0.15, -0.1) is 0 Å². The SMILES string of the molecule is CCOC(COCCC(=O)O)(OCC)OCC. The Hall–Kier alpha value is -0.690. The van der Waals surface area contributed by atoms with Crippen LogP contribution < -0.4 is 0 Å². The highest BCUT2D eigenvalue weighted by molar-refractivity contribution is 5.66. The molecular weight excluding hydrogens is 228 g/mol. The van der Waals surface area contributed by atoms with Crippen molar-refractivity contribution < 1.29 is 28.8 Å². The van der Waals surface area contributed by atoms with Gasteiger partial charge >= 0.3 is 11.9 Å². The van der Waals surface area contributed by atoms with Crippen molar-refractivity contribution in [3.63, 3.8) is 0 Å². The quantitative estimate of drug-likeness (QED) is 0.439. The zero-order valence-corrected chi connectivity index (χ0v) is 10.7. The van der Waals surface area contributed by atoms with Crippen LogP contribution in [-0.4, -0.2) is 50.1 Å². The second kappa shape index (κ2) is 9.35. The van der Waals surface area contributed by atoms with Crippen LogP contribution in [0.2, 0.25) is 0 Å². The van der Waals surface area contributed by atoms with Gasteiger partial charge in [-0.1, -0.05) is 0 Å². The fourth-order valence-corrected chi connectivity index (χ4v) is 1.27. The molecule has 0 heterocycles. The summed E-state index contributed by atoms with van der Waals surface area (Å²) in [6.07, 6.45) is -0.0551. The molecule has 102 valence electrons. The first-order chi connectivity index (χ1) is 8.10. The highest BCUT2D eigenvalue weighted by atomic mass is 16.9. The Kier molecular flexibility index (Phi) is 8.97. The molecule has 0 aromatic rings. The molecule has 6 heteroatoms. The molecule has 0 rings (SSSR count). The standard InChI is InChI=1S/C11H22O6/c1-4-15-11(16-5-2,17-6-3)9-14-8-7-10(12)13/h4-9H2,1-3H3,(H,12,13). The third kappa shape index (κ3) is 7.27. The van der Waals surface area contributed by atoms with Gasteiger partial charge in [0.25, 0.3) is 0 Å². The first-order valence-electron chi connectivity index (χ1n) is 5.81. The van der Waals surface area contributed by atoms with Crippen LogP contribution in [0.5, 0.6) is 0 Å². The Morgan fingerprint density at radius 1 is 1.06 bits per heavy atom. The van der Waals surface area contributed by atoms with Gasteiger partial charge in [-0.05, 0) is 20.8 Å². The summed E-state index contributed by atoms with van der Waals surface area (Å²) in [5.74, 6) is -2.13. The third-order valence-electron chi connectivity index (χ3n) is 1.83. The molecule has 0 fully saturated rings. The lowest BCUT2D eigenvalue weighted by Gasteiger charge is -2.31. The zero-order valence-electron chi connectivity index (χ0n) is 10.7. The molecule has 17 heavy (non-hydrogen) atoms. The van der Waals surface area contributed by atoms with E-state index in [0.717, 1.165) is 0 Å². The highest BCUT2D eigenvalue weighted by Gasteiger charge is 2.33.